The van der Waals surface area contributed by atoms with Gasteiger partial charge in [-0.1, -0.05) is 60.7 Å². The molecule has 2 saturated heterocycles. The molecule has 42 heavy (non-hydrogen) atoms. The number of nitrogens with one attached hydrogen (secondary N) is 1. The van der Waals surface area contributed by atoms with Crippen molar-refractivity contribution >= 4 is 52.4 Å². The highest BCUT2D eigenvalue weighted by molar-refractivity contribution is 6.31. The summed E-state index contributed by atoms with van der Waals surface area (Å²) in [5.41, 5.74) is 2.08. The van der Waals surface area contributed by atoms with E-state index in [2.05, 4.69) is 10.2 Å². The molecule has 1 aliphatic carbocycles. The number of carboxylic acid groups (broad SMARTS) is 1. The SMILES string of the molecule is O=C(O)c1ccc(N2C[C@@H]3[C@H](C2=O)[C@@H](c2cccc(Cl)c2)[C@@]2(C(=O)Nc4cc(Cl)ccc42)N3CC2CCCCC2)cc1. The van der Waals surface area contributed by atoms with Crippen LogP contribution in [0.15, 0.2) is 66.7 Å². The summed E-state index contributed by atoms with van der Waals surface area (Å²) < 4.78 is 0. The number of rotatable bonds is 5. The maximum atomic E-state index is 14.5. The number of hydrogen-bond acceptors (Lipinski definition) is 4. The normalized spacial score (nSPS) is 27.4. The molecular weight excluding hydrogens is 573 g/mol. The zero-order chi connectivity index (χ0) is 29.2. The molecule has 3 aromatic carbocycles. The fraction of sp³-hybridized carbons (Fsp3) is 0.364. The molecule has 0 radical (unpaired) electrons. The lowest BCUT2D eigenvalue weighted by atomic mass is 9.71. The minimum atomic E-state index is -1.10. The van der Waals surface area contributed by atoms with Crippen LogP contribution >= 0.6 is 23.2 Å². The lowest BCUT2D eigenvalue weighted by Crippen LogP contribution is -2.55. The third-order valence-corrected chi connectivity index (χ3v) is 10.3. The van der Waals surface area contributed by atoms with Crippen LogP contribution in [0.5, 0.6) is 0 Å². The molecule has 3 heterocycles. The second-order valence-corrected chi connectivity index (χ2v) is 12.9. The maximum Gasteiger partial charge on any atom is 0.335 e. The molecule has 2 amide bonds. The number of fused-ring (bicyclic) bond motifs is 3. The summed E-state index contributed by atoms with van der Waals surface area (Å²) in [4.78, 5) is 44.5. The minimum absolute atomic E-state index is 0.0752. The van der Waals surface area contributed by atoms with E-state index in [1.807, 2.05) is 30.3 Å². The van der Waals surface area contributed by atoms with Gasteiger partial charge in [0.15, 0.2) is 0 Å². The molecule has 4 atom stereocenters. The molecule has 3 fully saturated rings. The zero-order valence-electron chi connectivity index (χ0n) is 22.9. The van der Waals surface area contributed by atoms with Crippen molar-refractivity contribution in [1.82, 2.24) is 4.90 Å². The zero-order valence-corrected chi connectivity index (χ0v) is 24.4. The lowest BCUT2D eigenvalue weighted by Gasteiger charge is -2.43. The van der Waals surface area contributed by atoms with Gasteiger partial charge in [0, 0.05) is 52.0 Å². The Kier molecular flexibility index (Phi) is 6.80. The predicted octanol–water partition coefficient (Wildman–Crippen LogP) is 6.55. The van der Waals surface area contributed by atoms with Gasteiger partial charge in [0.25, 0.3) is 0 Å². The van der Waals surface area contributed by atoms with Crippen molar-refractivity contribution in [2.24, 2.45) is 11.8 Å². The van der Waals surface area contributed by atoms with E-state index in [0.29, 0.717) is 40.4 Å². The standard InChI is InChI=1S/C33H31Cl2N3O4/c34-22-8-4-7-21(15-22)29-28-27(18-37(30(28)39)24-12-9-20(10-13-24)31(40)41)38(17-19-5-2-1-3-6-19)33(29)25-14-11-23(35)16-26(25)36-32(33)42/h4,7-16,19,27-29H,1-3,5-6,17-18H2,(H,36,42)(H,40,41)/t27-,28+,29-,33+/m1/s1. The van der Waals surface area contributed by atoms with E-state index in [1.54, 1.807) is 29.2 Å². The number of nitrogens with zero attached hydrogens (tertiary/aromatic N) is 2. The van der Waals surface area contributed by atoms with Gasteiger partial charge in [0.1, 0.15) is 5.54 Å². The van der Waals surface area contributed by atoms with E-state index in [0.717, 1.165) is 36.8 Å². The summed E-state index contributed by atoms with van der Waals surface area (Å²) >= 11 is 12.9. The van der Waals surface area contributed by atoms with Crippen LogP contribution in [0.25, 0.3) is 0 Å². The summed E-state index contributed by atoms with van der Waals surface area (Å²) in [6, 6.07) is 19.3. The Labute approximate surface area is 254 Å². The van der Waals surface area contributed by atoms with Crippen LogP contribution < -0.4 is 10.2 Å². The van der Waals surface area contributed by atoms with Crippen molar-refractivity contribution in [3.05, 3.63) is 93.5 Å². The number of carboxylic acids is 1. The van der Waals surface area contributed by atoms with Gasteiger partial charge in [-0.2, -0.15) is 0 Å². The number of likely N-dealkylation sites (tertiary alicyclic amines) is 1. The van der Waals surface area contributed by atoms with Gasteiger partial charge in [0.05, 0.1) is 11.5 Å². The predicted molar refractivity (Wildman–Crippen MR) is 162 cm³/mol. The Balaban J connectivity index is 1.40. The fourth-order valence-corrected chi connectivity index (χ4v) is 8.44. The van der Waals surface area contributed by atoms with Crippen molar-refractivity contribution in [2.45, 2.75) is 49.6 Å². The average molecular weight is 605 g/mol. The van der Waals surface area contributed by atoms with Gasteiger partial charge in [-0.05, 0) is 72.9 Å². The second-order valence-electron chi connectivity index (χ2n) is 12.0. The molecule has 1 spiro atoms. The van der Waals surface area contributed by atoms with E-state index in [9.17, 15) is 19.5 Å². The Morgan fingerprint density at radius 2 is 1.69 bits per heavy atom. The molecule has 7 rings (SSSR count). The van der Waals surface area contributed by atoms with Crippen molar-refractivity contribution < 1.29 is 19.5 Å². The van der Waals surface area contributed by atoms with E-state index in [4.69, 9.17) is 23.2 Å². The van der Waals surface area contributed by atoms with Gasteiger partial charge >= 0.3 is 5.97 Å². The summed E-state index contributed by atoms with van der Waals surface area (Å²) in [7, 11) is 0. The number of benzene rings is 3. The van der Waals surface area contributed by atoms with Gasteiger partial charge in [-0.15, -0.1) is 0 Å². The highest BCUT2D eigenvalue weighted by atomic mass is 35.5. The molecule has 216 valence electrons. The van der Waals surface area contributed by atoms with E-state index < -0.39 is 23.3 Å². The van der Waals surface area contributed by atoms with Crippen LogP contribution in [0.1, 0.15) is 59.5 Å². The molecule has 3 aromatic rings. The van der Waals surface area contributed by atoms with Gasteiger partial charge in [0.2, 0.25) is 11.8 Å². The van der Waals surface area contributed by atoms with E-state index >= 15 is 0 Å². The summed E-state index contributed by atoms with van der Waals surface area (Å²) in [6.45, 7) is 1.10. The number of carbonyl (C=O) groups is 3. The number of carbonyl (C=O) groups excluding carboxylic acids is 2. The lowest BCUT2D eigenvalue weighted by molar-refractivity contribution is -0.128. The summed E-state index contributed by atoms with van der Waals surface area (Å²) in [5.74, 6) is -1.83. The number of hydrogen-bond donors (Lipinski definition) is 2. The summed E-state index contributed by atoms with van der Waals surface area (Å²) in [6.07, 6.45) is 5.73. The first-order valence-electron chi connectivity index (χ1n) is 14.6. The Bertz CT molecular complexity index is 1590. The van der Waals surface area contributed by atoms with Crippen molar-refractivity contribution in [2.75, 3.05) is 23.3 Å². The first kappa shape index (κ1) is 27.4. The fourth-order valence-electron chi connectivity index (χ4n) is 8.07. The monoisotopic (exact) mass is 603 g/mol. The van der Waals surface area contributed by atoms with Crippen molar-refractivity contribution in [1.29, 1.82) is 0 Å². The van der Waals surface area contributed by atoms with Crippen LogP contribution in [0.4, 0.5) is 11.4 Å². The van der Waals surface area contributed by atoms with E-state index in [1.165, 1.54) is 18.6 Å². The van der Waals surface area contributed by atoms with Gasteiger partial charge < -0.3 is 15.3 Å². The number of halogens is 2. The first-order valence-corrected chi connectivity index (χ1v) is 15.3. The highest BCUT2D eigenvalue weighted by Gasteiger charge is 2.70. The molecule has 0 bridgehead atoms. The summed E-state index contributed by atoms with van der Waals surface area (Å²) in [5, 5.41) is 13.6. The smallest absolute Gasteiger partial charge is 0.335 e. The molecule has 0 aromatic heterocycles. The maximum absolute atomic E-state index is 14.5. The van der Waals surface area contributed by atoms with Crippen LogP contribution in [0.2, 0.25) is 10.0 Å². The third-order valence-electron chi connectivity index (χ3n) is 9.80. The second kappa shape index (κ2) is 10.4. The molecule has 7 nitrogen and oxygen atoms in total. The topological polar surface area (TPSA) is 90.0 Å². The van der Waals surface area contributed by atoms with E-state index in [-0.39, 0.29) is 23.4 Å². The molecule has 1 saturated carbocycles. The van der Waals surface area contributed by atoms with Crippen LogP contribution in [-0.2, 0) is 15.1 Å². The molecule has 0 unspecified atom stereocenters. The Morgan fingerprint density at radius 3 is 2.40 bits per heavy atom. The number of anilines is 2. The quantitative estimate of drug-likeness (QED) is 0.345. The number of amides is 2. The highest BCUT2D eigenvalue weighted by Crippen LogP contribution is 2.62. The van der Waals surface area contributed by atoms with Crippen molar-refractivity contribution in [3.8, 4) is 0 Å². The molecule has 3 aliphatic heterocycles. The molecular formula is C33H31Cl2N3O4. The Morgan fingerprint density at radius 1 is 0.952 bits per heavy atom. The number of aromatic carboxylic acids is 1. The minimum Gasteiger partial charge on any atom is -0.478 e. The van der Waals surface area contributed by atoms with Crippen LogP contribution in [0.3, 0.4) is 0 Å². The molecule has 9 heteroatoms. The van der Waals surface area contributed by atoms with Crippen molar-refractivity contribution in [3.63, 3.8) is 0 Å². The largest absolute Gasteiger partial charge is 0.478 e. The van der Waals surface area contributed by atoms with Crippen LogP contribution in [0, 0.1) is 11.8 Å². The molecule has 4 aliphatic rings. The Hall–Kier alpha value is -3.39. The first-order chi connectivity index (χ1) is 20.3. The van der Waals surface area contributed by atoms with Gasteiger partial charge in [-0.3, -0.25) is 14.5 Å². The van der Waals surface area contributed by atoms with Gasteiger partial charge in [-0.25, -0.2) is 4.79 Å². The molecule has 2 N–H and O–H groups in total. The van der Waals surface area contributed by atoms with Crippen LogP contribution in [-0.4, -0.2) is 46.9 Å². The average Bonchev–Trinajstić information content (AvgIpc) is 3.56. The third kappa shape index (κ3) is 4.16.